The van der Waals surface area contributed by atoms with Crippen LogP contribution in [0.3, 0.4) is 0 Å². The van der Waals surface area contributed by atoms with Crippen LogP contribution in [0.5, 0.6) is 0 Å². The maximum atomic E-state index is 12.2. The second-order valence-electron chi connectivity index (χ2n) is 5.89. The monoisotopic (exact) mass is 410 g/mol. The number of para-hydroxylation sites is 1. The number of halogens is 2. The number of benzene rings is 3. The molecule has 28 heavy (non-hydrogen) atoms. The highest BCUT2D eigenvalue weighted by Gasteiger charge is 2.06. The summed E-state index contributed by atoms with van der Waals surface area (Å²) < 4.78 is 0. The molecule has 0 radical (unpaired) electrons. The Labute approximate surface area is 172 Å². The van der Waals surface area contributed by atoms with E-state index in [1.807, 2.05) is 30.3 Å². The van der Waals surface area contributed by atoms with Crippen molar-refractivity contribution in [2.45, 2.75) is 0 Å². The number of carbonyl (C=O) groups excluding carboxylic acids is 2. The number of anilines is 2. The zero-order chi connectivity index (χ0) is 19.9. The fourth-order valence-corrected chi connectivity index (χ4v) is 2.89. The molecular weight excluding hydrogens is 395 g/mol. The molecular formula is C22H16Cl2N2O2. The lowest BCUT2D eigenvalue weighted by molar-refractivity contribution is -0.111. The first-order valence-corrected chi connectivity index (χ1v) is 9.17. The topological polar surface area (TPSA) is 58.2 Å². The van der Waals surface area contributed by atoms with Gasteiger partial charge < -0.3 is 10.6 Å². The van der Waals surface area contributed by atoms with Crippen LogP contribution in [-0.4, -0.2) is 11.8 Å². The molecule has 2 N–H and O–H groups in total. The van der Waals surface area contributed by atoms with E-state index >= 15 is 0 Å². The highest BCUT2D eigenvalue weighted by Crippen LogP contribution is 2.22. The van der Waals surface area contributed by atoms with Gasteiger partial charge in [0.2, 0.25) is 5.91 Å². The second kappa shape index (κ2) is 9.22. The summed E-state index contributed by atoms with van der Waals surface area (Å²) in [6, 6.07) is 20.9. The van der Waals surface area contributed by atoms with Gasteiger partial charge in [0.1, 0.15) is 0 Å². The molecule has 0 atom stereocenters. The van der Waals surface area contributed by atoms with E-state index in [4.69, 9.17) is 23.2 Å². The summed E-state index contributed by atoms with van der Waals surface area (Å²) in [6.45, 7) is 0. The molecule has 0 heterocycles. The Bertz CT molecular complexity index is 1020. The molecule has 3 rings (SSSR count). The van der Waals surface area contributed by atoms with E-state index < -0.39 is 0 Å². The molecule has 4 nitrogen and oxygen atoms in total. The van der Waals surface area contributed by atoms with Gasteiger partial charge in [0.25, 0.3) is 5.91 Å². The average Bonchev–Trinajstić information content (AvgIpc) is 2.68. The van der Waals surface area contributed by atoms with Crippen LogP contribution in [0.25, 0.3) is 6.08 Å². The fourth-order valence-electron chi connectivity index (χ4n) is 2.42. The molecule has 0 aliphatic carbocycles. The van der Waals surface area contributed by atoms with Crippen molar-refractivity contribution >= 4 is 52.5 Å². The molecule has 0 saturated carbocycles. The third kappa shape index (κ3) is 5.46. The number of hydrogen-bond acceptors (Lipinski definition) is 2. The largest absolute Gasteiger partial charge is 0.323 e. The Hall–Kier alpha value is -3.08. The Balaban J connectivity index is 1.59. The minimum absolute atomic E-state index is 0.221. The summed E-state index contributed by atoms with van der Waals surface area (Å²) in [5.74, 6) is -0.533. The minimum atomic E-state index is -0.312. The van der Waals surface area contributed by atoms with Crippen molar-refractivity contribution in [3.8, 4) is 0 Å². The standard InChI is InChI=1S/C22H16Cl2N2O2/c23-17-10-6-15(20(24)14-17)9-13-21(27)25-19-11-7-16(8-12-19)22(28)26-18-4-2-1-3-5-18/h1-14H,(H,25,27)(H,26,28)/b13-9+. The van der Waals surface area contributed by atoms with Crippen molar-refractivity contribution in [1.82, 2.24) is 0 Å². The molecule has 0 aliphatic rings. The third-order valence-electron chi connectivity index (χ3n) is 3.82. The van der Waals surface area contributed by atoms with Crippen LogP contribution in [0.2, 0.25) is 10.0 Å². The molecule has 3 aromatic rings. The molecule has 2 amide bonds. The van der Waals surface area contributed by atoms with Crippen molar-refractivity contribution in [2.75, 3.05) is 10.6 Å². The molecule has 3 aromatic carbocycles. The molecule has 0 aromatic heterocycles. The summed E-state index contributed by atoms with van der Waals surface area (Å²) in [5.41, 5.74) is 2.48. The SMILES string of the molecule is O=C(/C=C/c1ccc(Cl)cc1Cl)Nc1ccc(C(=O)Nc2ccccc2)cc1. The lowest BCUT2D eigenvalue weighted by Gasteiger charge is -2.06. The summed E-state index contributed by atoms with van der Waals surface area (Å²) in [5, 5.41) is 6.53. The van der Waals surface area contributed by atoms with E-state index in [9.17, 15) is 9.59 Å². The normalized spacial score (nSPS) is 10.6. The maximum Gasteiger partial charge on any atom is 0.255 e. The first kappa shape index (κ1) is 19.7. The van der Waals surface area contributed by atoms with Crippen molar-refractivity contribution in [3.63, 3.8) is 0 Å². The van der Waals surface area contributed by atoms with Crippen LogP contribution in [0.1, 0.15) is 15.9 Å². The van der Waals surface area contributed by atoms with Crippen LogP contribution in [0.15, 0.2) is 78.9 Å². The third-order valence-corrected chi connectivity index (χ3v) is 4.39. The molecule has 0 fully saturated rings. The van der Waals surface area contributed by atoms with Crippen LogP contribution < -0.4 is 10.6 Å². The Kier molecular flexibility index (Phi) is 6.48. The van der Waals surface area contributed by atoms with Crippen LogP contribution in [0.4, 0.5) is 11.4 Å². The van der Waals surface area contributed by atoms with Crippen molar-refractivity contribution in [3.05, 3.63) is 100 Å². The highest BCUT2D eigenvalue weighted by molar-refractivity contribution is 6.35. The molecule has 0 bridgehead atoms. The van der Waals surface area contributed by atoms with Gasteiger partial charge in [-0.15, -0.1) is 0 Å². The van der Waals surface area contributed by atoms with Gasteiger partial charge in [0, 0.05) is 33.1 Å². The molecule has 0 saturated heterocycles. The molecule has 0 unspecified atom stereocenters. The number of hydrogen-bond donors (Lipinski definition) is 2. The van der Waals surface area contributed by atoms with Gasteiger partial charge in [-0.05, 0) is 60.2 Å². The Morgan fingerprint density at radius 1 is 0.786 bits per heavy atom. The van der Waals surface area contributed by atoms with Crippen LogP contribution in [0, 0.1) is 0 Å². The fraction of sp³-hybridized carbons (Fsp3) is 0. The van der Waals surface area contributed by atoms with E-state index in [1.165, 1.54) is 6.08 Å². The van der Waals surface area contributed by atoms with Crippen molar-refractivity contribution < 1.29 is 9.59 Å². The highest BCUT2D eigenvalue weighted by atomic mass is 35.5. The van der Waals surface area contributed by atoms with E-state index in [0.717, 1.165) is 5.69 Å². The lowest BCUT2D eigenvalue weighted by Crippen LogP contribution is -2.12. The zero-order valence-electron chi connectivity index (χ0n) is 14.7. The zero-order valence-corrected chi connectivity index (χ0v) is 16.2. The van der Waals surface area contributed by atoms with Crippen molar-refractivity contribution in [2.24, 2.45) is 0 Å². The summed E-state index contributed by atoms with van der Waals surface area (Å²) in [6.07, 6.45) is 2.99. The van der Waals surface area contributed by atoms with Gasteiger partial charge in [-0.1, -0.05) is 47.5 Å². The van der Waals surface area contributed by atoms with E-state index in [0.29, 0.717) is 26.9 Å². The number of rotatable bonds is 5. The smallest absolute Gasteiger partial charge is 0.255 e. The van der Waals surface area contributed by atoms with Gasteiger partial charge >= 0.3 is 0 Å². The Morgan fingerprint density at radius 2 is 1.46 bits per heavy atom. The van der Waals surface area contributed by atoms with Gasteiger partial charge in [0.15, 0.2) is 0 Å². The summed E-state index contributed by atoms with van der Waals surface area (Å²) in [4.78, 5) is 24.3. The van der Waals surface area contributed by atoms with Gasteiger partial charge in [-0.2, -0.15) is 0 Å². The maximum absolute atomic E-state index is 12.2. The molecule has 0 spiro atoms. The quantitative estimate of drug-likeness (QED) is 0.514. The predicted molar refractivity (Wildman–Crippen MR) is 115 cm³/mol. The average molecular weight is 411 g/mol. The summed E-state index contributed by atoms with van der Waals surface area (Å²) in [7, 11) is 0. The van der Waals surface area contributed by atoms with E-state index in [2.05, 4.69) is 10.6 Å². The van der Waals surface area contributed by atoms with E-state index in [-0.39, 0.29) is 11.8 Å². The molecule has 0 aliphatic heterocycles. The van der Waals surface area contributed by atoms with Crippen molar-refractivity contribution in [1.29, 1.82) is 0 Å². The summed E-state index contributed by atoms with van der Waals surface area (Å²) >= 11 is 11.9. The predicted octanol–water partition coefficient (Wildman–Crippen LogP) is 5.90. The van der Waals surface area contributed by atoms with Crippen LogP contribution >= 0.6 is 23.2 Å². The Morgan fingerprint density at radius 3 is 2.14 bits per heavy atom. The number of carbonyl (C=O) groups is 2. The second-order valence-corrected chi connectivity index (χ2v) is 6.73. The van der Waals surface area contributed by atoms with Gasteiger partial charge in [-0.25, -0.2) is 0 Å². The molecule has 6 heteroatoms. The van der Waals surface area contributed by atoms with Gasteiger partial charge in [-0.3, -0.25) is 9.59 Å². The molecule has 140 valence electrons. The number of nitrogens with one attached hydrogen (secondary N) is 2. The first-order chi connectivity index (χ1) is 13.5. The number of amides is 2. The minimum Gasteiger partial charge on any atom is -0.323 e. The first-order valence-electron chi connectivity index (χ1n) is 8.42. The van der Waals surface area contributed by atoms with E-state index in [1.54, 1.807) is 48.5 Å². The van der Waals surface area contributed by atoms with Gasteiger partial charge in [0.05, 0.1) is 0 Å². The lowest BCUT2D eigenvalue weighted by atomic mass is 10.2. The van der Waals surface area contributed by atoms with Crippen LogP contribution in [-0.2, 0) is 4.79 Å².